The molecule has 9 heteroatoms. The summed E-state index contributed by atoms with van der Waals surface area (Å²) in [5, 5.41) is 6.87. The van der Waals surface area contributed by atoms with E-state index >= 15 is 0 Å². The highest BCUT2D eigenvalue weighted by Gasteiger charge is 2.17. The van der Waals surface area contributed by atoms with E-state index in [1.807, 2.05) is 38.1 Å². The van der Waals surface area contributed by atoms with Crippen molar-refractivity contribution >= 4 is 11.6 Å². The van der Waals surface area contributed by atoms with Gasteiger partial charge in [-0.1, -0.05) is 0 Å². The van der Waals surface area contributed by atoms with Gasteiger partial charge >= 0.3 is 6.01 Å². The predicted molar refractivity (Wildman–Crippen MR) is 138 cm³/mol. The summed E-state index contributed by atoms with van der Waals surface area (Å²) >= 11 is 0. The molecule has 0 saturated carbocycles. The van der Waals surface area contributed by atoms with Gasteiger partial charge in [0, 0.05) is 31.2 Å². The smallest absolute Gasteiger partial charge is 0.325 e. The third-order valence-corrected chi connectivity index (χ3v) is 6.07. The number of hydrogen-bond donors (Lipinski definition) is 2. The average molecular weight is 492 g/mol. The topological polar surface area (TPSA) is 97.8 Å². The first-order valence-corrected chi connectivity index (χ1v) is 12.3. The fourth-order valence-electron chi connectivity index (χ4n) is 3.98. The number of carbonyl (C=O) groups excluding carboxylic acids is 1. The van der Waals surface area contributed by atoms with Crippen LogP contribution in [-0.4, -0.2) is 60.1 Å². The van der Waals surface area contributed by atoms with Crippen LogP contribution in [0.1, 0.15) is 37.0 Å². The summed E-state index contributed by atoms with van der Waals surface area (Å²) in [6.07, 6.45) is 3.95. The zero-order valence-corrected chi connectivity index (χ0v) is 21.0. The first-order valence-electron chi connectivity index (χ1n) is 12.3. The molecule has 1 fully saturated rings. The van der Waals surface area contributed by atoms with Gasteiger partial charge < -0.3 is 29.7 Å². The number of methoxy groups -OCH3 is 1. The van der Waals surface area contributed by atoms with Crippen LogP contribution >= 0.6 is 0 Å². The summed E-state index contributed by atoms with van der Waals surface area (Å²) in [5.41, 5.74) is 1.28. The van der Waals surface area contributed by atoms with Crippen molar-refractivity contribution in [3.05, 3.63) is 60.3 Å². The molecule has 4 rings (SSSR count). The second kappa shape index (κ2) is 12.2. The van der Waals surface area contributed by atoms with Crippen molar-refractivity contribution in [1.29, 1.82) is 0 Å². The molecule has 1 saturated heterocycles. The molecule has 36 heavy (non-hydrogen) atoms. The van der Waals surface area contributed by atoms with Crippen molar-refractivity contribution in [3.8, 4) is 29.1 Å². The lowest BCUT2D eigenvalue weighted by Gasteiger charge is -2.18. The first kappa shape index (κ1) is 25.2. The standard InChI is InChI=1S/C27H33N5O4/c1-4-32(5-2)26(33)19-8-10-23(11-9-19)36-27-30-18-24(29-17-20-7-6-16-28-20)25(31-27)35-22-14-12-21(34-3)13-15-22/h8-15,18,20,28-29H,4-7,16-17H2,1-3H3/t20-/m0/s1. The fourth-order valence-corrected chi connectivity index (χ4v) is 3.98. The van der Waals surface area contributed by atoms with E-state index in [0.29, 0.717) is 47.8 Å². The molecule has 0 spiro atoms. The van der Waals surface area contributed by atoms with E-state index in [-0.39, 0.29) is 11.9 Å². The molecule has 1 aliphatic rings. The number of rotatable bonds is 11. The summed E-state index contributed by atoms with van der Waals surface area (Å²) in [6.45, 7) is 7.02. The van der Waals surface area contributed by atoms with Gasteiger partial charge in [0.1, 0.15) is 22.9 Å². The van der Waals surface area contributed by atoms with E-state index < -0.39 is 0 Å². The van der Waals surface area contributed by atoms with Crippen LogP contribution in [0.5, 0.6) is 29.1 Å². The van der Waals surface area contributed by atoms with Crippen LogP contribution in [0.25, 0.3) is 0 Å². The number of amides is 1. The molecule has 0 unspecified atom stereocenters. The fraction of sp³-hybridized carbons (Fsp3) is 0.370. The number of nitrogens with one attached hydrogen (secondary N) is 2. The van der Waals surface area contributed by atoms with Gasteiger partial charge in [0.15, 0.2) is 0 Å². The third-order valence-electron chi connectivity index (χ3n) is 6.07. The van der Waals surface area contributed by atoms with Crippen molar-refractivity contribution in [1.82, 2.24) is 20.2 Å². The first-order chi connectivity index (χ1) is 17.6. The summed E-state index contributed by atoms with van der Waals surface area (Å²) < 4.78 is 17.2. The Kier molecular flexibility index (Phi) is 8.57. The Balaban J connectivity index is 1.51. The van der Waals surface area contributed by atoms with Gasteiger partial charge in [-0.25, -0.2) is 4.98 Å². The maximum atomic E-state index is 12.6. The van der Waals surface area contributed by atoms with Crippen LogP contribution in [0, 0.1) is 0 Å². The van der Waals surface area contributed by atoms with Gasteiger partial charge in [-0.3, -0.25) is 4.79 Å². The van der Waals surface area contributed by atoms with Crippen LogP contribution in [0.3, 0.4) is 0 Å². The number of benzene rings is 2. The van der Waals surface area contributed by atoms with E-state index in [4.69, 9.17) is 14.2 Å². The molecule has 1 amide bonds. The number of anilines is 1. The molecule has 1 aliphatic heterocycles. The maximum Gasteiger partial charge on any atom is 0.325 e. The lowest BCUT2D eigenvalue weighted by molar-refractivity contribution is 0.0773. The number of hydrogen-bond acceptors (Lipinski definition) is 8. The molecule has 9 nitrogen and oxygen atoms in total. The molecule has 0 aliphatic carbocycles. The molecule has 0 radical (unpaired) electrons. The van der Waals surface area contributed by atoms with Crippen LogP contribution in [0.2, 0.25) is 0 Å². The quantitative estimate of drug-likeness (QED) is 0.398. The number of nitrogens with zero attached hydrogens (tertiary/aromatic N) is 3. The second-order valence-corrected chi connectivity index (χ2v) is 8.43. The molecular formula is C27H33N5O4. The molecule has 1 atom stereocenters. The number of ether oxygens (including phenoxy) is 3. The highest BCUT2D eigenvalue weighted by Crippen LogP contribution is 2.31. The van der Waals surface area contributed by atoms with Crippen LogP contribution in [0.15, 0.2) is 54.7 Å². The van der Waals surface area contributed by atoms with E-state index in [2.05, 4.69) is 20.6 Å². The van der Waals surface area contributed by atoms with E-state index in [0.717, 1.165) is 25.3 Å². The number of aromatic nitrogens is 2. The third kappa shape index (κ3) is 6.42. The van der Waals surface area contributed by atoms with Crippen LogP contribution in [0.4, 0.5) is 5.69 Å². The Hall–Kier alpha value is -3.85. The Morgan fingerprint density at radius 2 is 1.69 bits per heavy atom. The Labute approximate surface area is 211 Å². The predicted octanol–water partition coefficient (Wildman–Crippen LogP) is 4.72. The second-order valence-electron chi connectivity index (χ2n) is 8.43. The SMILES string of the molecule is CCN(CC)C(=O)c1ccc(Oc2ncc(NC[C@@H]3CCCN3)c(Oc3ccc(OC)cc3)n2)cc1. The minimum absolute atomic E-state index is 0.00911. The van der Waals surface area contributed by atoms with Crippen molar-refractivity contribution in [2.45, 2.75) is 32.7 Å². The van der Waals surface area contributed by atoms with E-state index in [9.17, 15) is 4.79 Å². The van der Waals surface area contributed by atoms with Crippen molar-refractivity contribution in [3.63, 3.8) is 0 Å². The zero-order valence-electron chi connectivity index (χ0n) is 21.0. The van der Waals surface area contributed by atoms with Gasteiger partial charge in [0.05, 0.1) is 13.3 Å². The highest BCUT2D eigenvalue weighted by atomic mass is 16.5. The van der Waals surface area contributed by atoms with E-state index in [1.54, 1.807) is 42.5 Å². The van der Waals surface area contributed by atoms with Crippen molar-refractivity contribution < 1.29 is 19.0 Å². The molecule has 2 N–H and O–H groups in total. The van der Waals surface area contributed by atoms with Crippen LogP contribution < -0.4 is 24.8 Å². The van der Waals surface area contributed by atoms with Gasteiger partial charge in [0.2, 0.25) is 5.88 Å². The lowest BCUT2D eigenvalue weighted by atomic mass is 10.2. The molecule has 3 aromatic rings. The molecule has 0 bridgehead atoms. The molecule has 2 heterocycles. The summed E-state index contributed by atoms with van der Waals surface area (Å²) in [7, 11) is 1.62. The molecule has 2 aromatic carbocycles. The largest absolute Gasteiger partial charge is 0.497 e. The summed E-state index contributed by atoms with van der Waals surface area (Å²) in [4.78, 5) is 23.2. The van der Waals surface area contributed by atoms with Gasteiger partial charge in [-0.15, -0.1) is 0 Å². The van der Waals surface area contributed by atoms with Gasteiger partial charge in [0.25, 0.3) is 5.91 Å². The van der Waals surface area contributed by atoms with Crippen molar-refractivity contribution in [2.24, 2.45) is 0 Å². The van der Waals surface area contributed by atoms with Crippen LogP contribution in [-0.2, 0) is 0 Å². The monoisotopic (exact) mass is 491 g/mol. The van der Waals surface area contributed by atoms with Gasteiger partial charge in [-0.2, -0.15) is 4.98 Å². The lowest BCUT2D eigenvalue weighted by Crippen LogP contribution is -2.30. The summed E-state index contributed by atoms with van der Waals surface area (Å²) in [6, 6.07) is 14.8. The minimum atomic E-state index is -0.00911. The highest BCUT2D eigenvalue weighted by molar-refractivity contribution is 5.94. The average Bonchev–Trinajstić information content (AvgIpc) is 3.43. The Bertz CT molecular complexity index is 1130. The van der Waals surface area contributed by atoms with Gasteiger partial charge in [-0.05, 0) is 81.8 Å². The zero-order chi connectivity index (χ0) is 25.3. The number of carbonyl (C=O) groups is 1. The maximum absolute atomic E-state index is 12.6. The Morgan fingerprint density at radius 3 is 2.33 bits per heavy atom. The summed E-state index contributed by atoms with van der Waals surface area (Å²) in [5.74, 6) is 2.23. The molecule has 1 aromatic heterocycles. The Morgan fingerprint density at radius 1 is 1.03 bits per heavy atom. The van der Waals surface area contributed by atoms with E-state index in [1.165, 1.54) is 6.42 Å². The van der Waals surface area contributed by atoms with Crippen molar-refractivity contribution in [2.75, 3.05) is 38.6 Å². The minimum Gasteiger partial charge on any atom is -0.497 e. The normalized spacial score (nSPS) is 14.8. The molecular weight excluding hydrogens is 458 g/mol. The molecule has 190 valence electrons.